The monoisotopic (exact) mass is 291 g/mol. The van der Waals surface area contributed by atoms with E-state index in [1.807, 2.05) is 0 Å². The van der Waals surface area contributed by atoms with E-state index in [0.29, 0.717) is 10.6 Å². The molecule has 1 aromatic rings. The fourth-order valence-electron chi connectivity index (χ4n) is 1.50. The predicted octanol–water partition coefficient (Wildman–Crippen LogP) is 1.31. The Bertz CT molecular complexity index is 524. The van der Waals surface area contributed by atoms with Crippen LogP contribution < -0.4 is 0 Å². The first-order valence-corrected chi connectivity index (χ1v) is 7.36. The Balaban J connectivity index is 3.21. The van der Waals surface area contributed by atoms with E-state index in [0.717, 1.165) is 0 Å². The average molecular weight is 292 g/mol. The summed E-state index contributed by atoms with van der Waals surface area (Å²) in [7, 11) is -3.55. The molecule has 1 aromatic carbocycles. The van der Waals surface area contributed by atoms with Gasteiger partial charge in [0.15, 0.2) is 9.84 Å². The molecule has 0 saturated heterocycles. The Hall–Kier alpha value is -1.11. The molecule has 1 atom stereocenters. The minimum Gasteiger partial charge on any atom is -0.411 e. The van der Waals surface area contributed by atoms with E-state index in [4.69, 9.17) is 16.8 Å². The molecule has 0 amide bonds. The van der Waals surface area contributed by atoms with Crippen molar-refractivity contribution >= 4 is 27.1 Å². The van der Waals surface area contributed by atoms with Crippen LogP contribution in [0.4, 0.5) is 0 Å². The van der Waals surface area contributed by atoms with Gasteiger partial charge in [0.2, 0.25) is 0 Å². The van der Waals surface area contributed by atoms with Crippen molar-refractivity contribution in [3.05, 3.63) is 34.9 Å². The first kappa shape index (κ1) is 14.9. The van der Waals surface area contributed by atoms with Gasteiger partial charge in [-0.1, -0.05) is 35.8 Å². The van der Waals surface area contributed by atoms with Crippen molar-refractivity contribution in [2.45, 2.75) is 12.2 Å². The van der Waals surface area contributed by atoms with Crippen LogP contribution in [0.5, 0.6) is 0 Å². The van der Waals surface area contributed by atoms with Crippen LogP contribution in [0.3, 0.4) is 0 Å². The highest BCUT2D eigenvalue weighted by atomic mass is 35.5. The molecule has 0 heterocycles. The molecule has 0 bridgehead atoms. The number of benzene rings is 1. The van der Waals surface area contributed by atoms with E-state index < -0.39 is 21.7 Å². The highest BCUT2D eigenvalue weighted by Gasteiger charge is 2.30. The van der Waals surface area contributed by atoms with Crippen LogP contribution in [0.1, 0.15) is 12.5 Å². The topological polar surface area (TPSA) is 87.0 Å². The maximum absolute atomic E-state index is 11.8. The molecule has 0 aromatic heterocycles. The van der Waals surface area contributed by atoms with Gasteiger partial charge in [-0.25, -0.2) is 8.42 Å². The van der Waals surface area contributed by atoms with E-state index in [2.05, 4.69) is 5.16 Å². The summed E-state index contributed by atoms with van der Waals surface area (Å²) in [5, 5.41) is 20.4. The number of rotatable bonds is 5. The summed E-state index contributed by atoms with van der Waals surface area (Å²) >= 11 is 5.72. The first-order chi connectivity index (χ1) is 8.46. The van der Waals surface area contributed by atoms with Gasteiger partial charge in [0, 0.05) is 16.3 Å². The predicted molar refractivity (Wildman–Crippen MR) is 70.1 cm³/mol. The van der Waals surface area contributed by atoms with Crippen molar-refractivity contribution in [2.75, 3.05) is 12.4 Å². The lowest BCUT2D eigenvalue weighted by Gasteiger charge is -2.15. The van der Waals surface area contributed by atoms with Crippen molar-refractivity contribution in [3.63, 3.8) is 0 Å². The molecule has 1 unspecified atom stereocenters. The maximum Gasteiger partial charge on any atom is 0.161 e. The van der Waals surface area contributed by atoms with Gasteiger partial charge in [0.25, 0.3) is 0 Å². The van der Waals surface area contributed by atoms with Gasteiger partial charge >= 0.3 is 0 Å². The lowest BCUT2D eigenvalue weighted by molar-refractivity contribution is 0.296. The van der Waals surface area contributed by atoms with E-state index in [1.54, 1.807) is 12.1 Å². The molecule has 0 spiro atoms. The molecule has 0 aliphatic carbocycles. The summed E-state index contributed by atoms with van der Waals surface area (Å²) in [6, 6.07) is 6.17. The van der Waals surface area contributed by atoms with Crippen molar-refractivity contribution < 1.29 is 18.7 Å². The third-order valence-electron chi connectivity index (χ3n) is 2.55. The molecule has 0 radical (unpaired) electrons. The zero-order valence-corrected chi connectivity index (χ0v) is 11.3. The molecule has 2 N–H and O–H groups in total. The highest BCUT2D eigenvalue weighted by Crippen LogP contribution is 2.15. The molecule has 5 nitrogen and oxygen atoms in total. The standard InChI is InChI=1S/C11H14ClNO4S/c1-2-18(16,17)10(7-14)11(13-15)8-3-5-9(12)6-4-8/h3-6,10,14-15H,2,7H2,1H3/b13-11+. The first-order valence-electron chi connectivity index (χ1n) is 5.26. The third-order valence-corrected chi connectivity index (χ3v) is 4.85. The second-order valence-corrected chi connectivity index (χ2v) is 6.52. The van der Waals surface area contributed by atoms with Crippen LogP contribution in [0, 0.1) is 0 Å². The minimum atomic E-state index is -3.55. The number of aliphatic hydroxyl groups excluding tert-OH is 1. The number of sulfone groups is 1. The van der Waals surface area contributed by atoms with Gasteiger partial charge in [0.05, 0.1) is 6.61 Å². The number of hydrogen-bond donors (Lipinski definition) is 2. The van der Waals surface area contributed by atoms with Crippen molar-refractivity contribution in [3.8, 4) is 0 Å². The molecule has 0 aliphatic heterocycles. The number of nitrogens with zero attached hydrogens (tertiary/aromatic N) is 1. The molecule has 7 heteroatoms. The summed E-state index contributed by atoms with van der Waals surface area (Å²) in [4.78, 5) is 0. The van der Waals surface area contributed by atoms with Gasteiger partial charge in [-0.3, -0.25) is 0 Å². The SMILES string of the molecule is CCS(=O)(=O)C(CO)/C(=N/O)c1ccc(Cl)cc1. The molecular formula is C11H14ClNO4S. The Morgan fingerprint density at radius 2 is 1.94 bits per heavy atom. The number of oxime groups is 1. The van der Waals surface area contributed by atoms with Crippen LogP contribution in [0.2, 0.25) is 5.02 Å². The van der Waals surface area contributed by atoms with Crippen LogP contribution in [0.25, 0.3) is 0 Å². The molecular weight excluding hydrogens is 278 g/mol. The quantitative estimate of drug-likeness (QED) is 0.486. The summed E-state index contributed by atoms with van der Waals surface area (Å²) < 4.78 is 23.6. The Kier molecular flexibility index (Phi) is 5.13. The van der Waals surface area contributed by atoms with Crippen molar-refractivity contribution in [2.24, 2.45) is 5.16 Å². The smallest absolute Gasteiger partial charge is 0.161 e. The summed E-state index contributed by atoms with van der Waals surface area (Å²) in [5.41, 5.74) is 0.314. The van der Waals surface area contributed by atoms with Crippen LogP contribution in [0.15, 0.2) is 29.4 Å². The summed E-state index contributed by atoms with van der Waals surface area (Å²) in [6.45, 7) is 0.826. The van der Waals surface area contributed by atoms with E-state index in [9.17, 15) is 13.5 Å². The zero-order chi connectivity index (χ0) is 13.8. The second kappa shape index (κ2) is 6.17. The fourth-order valence-corrected chi connectivity index (χ4v) is 2.78. The Morgan fingerprint density at radius 3 is 2.33 bits per heavy atom. The van der Waals surface area contributed by atoms with E-state index in [1.165, 1.54) is 19.1 Å². The molecule has 0 fully saturated rings. The van der Waals surface area contributed by atoms with Crippen molar-refractivity contribution in [1.29, 1.82) is 0 Å². The lowest BCUT2D eigenvalue weighted by Crippen LogP contribution is -2.35. The summed E-state index contributed by atoms with van der Waals surface area (Å²) in [5.74, 6) is -0.148. The van der Waals surface area contributed by atoms with Gasteiger partial charge in [-0.05, 0) is 12.1 Å². The minimum absolute atomic E-state index is 0.0870. The number of hydrogen-bond acceptors (Lipinski definition) is 5. The molecule has 0 aliphatic rings. The number of aliphatic hydroxyl groups is 1. The van der Waals surface area contributed by atoms with Crippen LogP contribution in [-0.4, -0.2) is 42.1 Å². The van der Waals surface area contributed by atoms with Crippen molar-refractivity contribution in [1.82, 2.24) is 0 Å². The average Bonchev–Trinajstić information content (AvgIpc) is 2.36. The second-order valence-electron chi connectivity index (χ2n) is 3.61. The normalized spacial score (nSPS) is 14.5. The molecule has 0 saturated carbocycles. The van der Waals surface area contributed by atoms with Gasteiger partial charge in [-0.15, -0.1) is 0 Å². The molecule has 18 heavy (non-hydrogen) atoms. The third kappa shape index (κ3) is 3.22. The molecule has 100 valence electrons. The van der Waals surface area contributed by atoms with Crippen LogP contribution >= 0.6 is 11.6 Å². The Labute approximate surface area is 111 Å². The van der Waals surface area contributed by atoms with Crippen LogP contribution in [-0.2, 0) is 9.84 Å². The van der Waals surface area contributed by atoms with E-state index in [-0.39, 0.29) is 11.5 Å². The largest absolute Gasteiger partial charge is 0.411 e. The fraction of sp³-hybridized carbons (Fsp3) is 0.364. The Morgan fingerprint density at radius 1 is 1.39 bits per heavy atom. The van der Waals surface area contributed by atoms with E-state index >= 15 is 0 Å². The lowest BCUT2D eigenvalue weighted by atomic mass is 10.1. The summed E-state index contributed by atoms with van der Waals surface area (Å²) in [6.07, 6.45) is 0. The highest BCUT2D eigenvalue weighted by molar-refractivity contribution is 7.92. The van der Waals surface area contributed by atoms with Gasteiger partial charge in [0.1, 0.15) is 11.0 Å². The maximum atomic E-state index is 11.8. The van der Waals surface area contributed by atoms with Gasteiger partial charge in [-0.2, -0.15) is 0 Å². The number of halogens is 1. The molecule has 1 rings (SSSR count). The zero-order valence-electron chi connectivity index (χ0n) is 9.75. The van der Waals surface area contributed by atoms with Gasteiger partial charge < -0.3 is 10.3 Å².